The standard InChI is InChI=1S/C16H17NO/c1-13(14-7-3-2-4-8-14)17-11-15-9-5-6-10-16(15)18-12-17/h2-10,13H,11-12H2,1H3/t13-/m1/s1. The van der Waals surface area contributed by atoms with Gasteiger partial charge < -0.3 is 4.74 Å². The van der Waals surface area contributed by atoms with Crippen molar-refractivity contribution in [3.63, 3.8) is 0 Å². The van der Waals surface area contributed by atoms with Gasteiger partial charge in [-0.05, 0) is 18.6 Å². The van der Waals surface area contributed by atoms with Crippen LogP contribution >= 0.6 is 0 Å². The molecular formula is C16H17NO. The maximum atomic E-state index is 5.80. The van der Waals surface area contributed by atoms with Crippen molar-refractivity contribution >= 4 is 0 Å². The third kappa shape index (κ3) is 2.12. The summed E-state index contributed by atoms with van der Waals surface area (Å²) < 4.78 is 5.80. The van der Waals surface area contributed by atoms with Gasteiger partial charge in [0.05, 0.1) is 0 Å². The van der Waals surface area contributed by atoms with E-state index in [1.54, 1.807) is 0 Å². The molecule has 2 nitrogen and oxygen atoms in total. The first-order valence-electron chi connectivity index (χ1n) is 6.34. The summed E-state index contributed by atoms with van der Waals surface area (Å²) in [5.41, 5.74) is 2.60. The Labute approximate surface area is 108 Å². The van der Waals surface area contributed by atoms with Gasteiger partial charge in [-0.3, -0.25) is 4.90 Å². The lowest BCUT2D eigenvalue weighted by Crippen LogP contribution is -2.34. The Bertz CT molecular complexity index is 524. The Morgan fingerprint density at radius 3 is 2.56 bits per heavy atom. The van der Waals surface area contributed by atoms with Crippen molar-refractivity contribution in [1.29, 1.82) is 0 Å². The Morgan fingerprint density at radius 2 is 1.72 bits per heavy atom. The number of hydrogen-bond acceptors (Lipinski definition) is 2. The molecule has 0 spiro atoms. The lowest BCUT2D eigenvalue weighted by Gasteiger charge is -2.33. The van der Waals surface area contributed by atoms with Crippen LogP contribution in [0.1, 0.15) is 24.1 Å². The van der Waals surface area contributed by atoms with Gasteiger partial charge in [-0.2, -0.15) is 0 Å². The summed E-state index contributed by atoms with van der Waals surface area (Å²) in [6, 6.07) is 19.2. The second kappa shape index (κ2) is 4.83. The van der Waals surface area contributed by atoms with Crippen molar-refractivity contribution in [1.82, 2.24) is 4.90 Å². The van der Waals surface area contributed by atoms with Crippen LogP contribution in [0, 0.1) is 0 Å². The summed E-state index contributed by atoms with van der Waals surface area (Å²) in [7, 11) is 0. The average Bonchev–Trinajstić information content (AvgIpc) is 2.47. The van der Waals surface area contributed by atoms with Gasteiger partial charge in [0.2, 0.25) is 0 Å². The van der Waals surface area contributed by atoms with E-state index in [0.29, 0.717) is 12.8 Å². The molecule has 0 radical (unpaired) electrons. The fourth-order valence-corrected chi connectivity index (χ4v) is 2.38. The minimum atomic E-state index is 0.375. The van der Waals surface area contributed by atoms with Gasteiger partial charge in [-0.15, -0.1) is 0 Å². The molecule has 2 aromatic rings. The molecule has 2 aromatic carbocycles. The van der Waals surface area contributed by atoms with Crippen LogP contribution in [0.4, 0.5) is 0 Å². The first kappa shape index (κ1) is 11.3. The zero-order valence-corrected chi connectivity index (χ0v) is 10.5. The van der Waals surface area contributed by atoms with Gasteiger partial charge in [0, 0.05) is 18.2 Å². The SMILES string of the molecule is C[C@H](c1ccccc1)N1COc2ccccc2C1. The topological polar surface area (TPSA) is 12.5 Å². The number of benzene rings is 2. The lowest BCUT2D eigenvalue weighted by molar-refractivity contribution is 0.0618. The van der Waals surface area contributed by atoms with E-state index in [2.05, 4.69) is 54.3 Å². The third-order valence-electron chi connectivity index (χ3n) is 3.56. The molecule has 18 heavy (non-hydrogen) atoms. The normalized spacial score (nSPS) is 16.7. The van der Waals surface area contributed by atoms with Crippen molar-refractivity contribution in [2.75, 3.05) is 6.73 Å². The minimum absolute atomic E-state index is 0.375. The highest BCUT2D eigenvalue weighted by molar-refractivity contribution is 5.34. The second-order valence-electron chi connectivity index (χ2n) is 4.71. The molecule has 0 unspecified atom stereocenters. The van der Waals surface area contributed by atoms with Crippen LogP contribution in [-0.2, 0) is 6.54 Å². The average molecular weight is 239 g/mol. The molecule has 1 aliphatic heterocycles. The minimum Gasteiger partial charge on any atom is -0.478 e. The van der Waals surface area contributed by atoms with E-state index in [0.717, 1.165) is 12.3 Å². The highest BCUT2D eigenvalue weighted by Gasteiger charge is 2.22. The quantitative estimate of drug-likeness (QED) is 0.794. The van der Waals surface area contributed by atoms with Crippen LogP contribution in [-0.4, -0.2) is 11.6 Å². The fourth-order valence-electron chi connectivity index (χ4n) is 2.38. The van der Waals surface area contributed by atoms with Crippen molar-refractivity contribution in [3.8, 4) is 5.75 Å². The molecular weight excluding hydrogens is 222 g/mol. The van der Waals surface area contributed by atoms with Gasteiger partial charge in [0.1, 0.15) is 12.5 Å². The monoisotopic (exact) mass is 239 g/mol. The summed E-state index contributed by atoms with van der Waals surface area (Å²) in [6.07, 6.45) is 0. The van der Waals surface area contributed by atoms with Crippen LogP contribution in [0.2, 0.25) is 0 Å². The van der Waals surface area contributed by atoms with E-state index in [-0.39, 0.29) is 0 Å². The smallest absolute Gasteiger partial charge is 0.142 e. The van der Waals surface area contributed by atoms with Crippen LogP contribution in [0.15, 0.2) is 54.6 Å². The number of rotatable bonds is 2. The van der Waals surface area contributed by atoms with E-state index in [4.69, 9.17) is 4.74 Å². The highest BCUT2D eigenvalue weighted by Crippen LogP contribution is 2.29. The molecule has 3 rings (SSSR count). The Morgan fingerprint density at radius 1 is 1.00 bits per heavy atom. The summed E-state index contributed by atoms with van der Waals surface area (Å²) >= 11 is 0. The zero-order chi connectivity index (χ0) is 12.4. The lowest BCUT2D eigenvalue weighted by atomic mass is 10.1. The number of nitrogens with zero attached hydrogens (tertiary/aromatic N) is 1. The maximum Gasteiger partial charge on any atom is 0.142 e. The van der Waals surface area contributed by atoms with Gasteiger partial charge >= 0.3 is 0 Å². The van der Waals surface area contributed by atoms with Crippen molar-refractivity contribution in [2.24, 2.45) is 0 Å². The molecule has 0 aromatic heterocycles. The molecule has 1 atom stereocenters. The van der Waals surface area contributed by atoms with E-state index in [1.165, 1.54) is 11.1 Å². The maximum absolute atomic E-state index is 5.80. The van der Waals surface area contributed by atoms with E-state index in [9.17, 15) is 0 Å². The molecule has 2 heteroatoms. The first-order valence-corrected chi connectivity index (χ1v) is 6.34. The Hall–Kier alpha value is -1.80. The molecule has 1 heterocycles. The summed E-state index contributed by atoms with van der Waals surface area (Å²) in [5.74, 6) is 1.02. The summed E-state index contributed by atoms with van der Waals surface area (Å²) in [5, 5.41) is 0. The van der Waals surface area contributed by atoms with Gasteiger partial charge in [0.25, 0.3) is 0 Å². The highest BCUT2D eigenvalue weighted by atomic mass is 16.5. The molecule has 92 valence electrons. The molecule has 0 saturated carbocycles. The predicted octanol–water partition coefficient (Wildman–Crippen LogP) is 3.60. The van der Waals surface area contributed by atoms with Crippen molar-refractivity contribution in [2.45, 2.75) is 19.5 Å². The van der Waals surface area contributed by atoms with Crippen molar-refractivity contribution in [3.05, 3.63) is 65.7 Å². The predicted molar refractivity (Wildman–Crippen MR) is 72.3 cm³/mol. The molecule has 1 aliphatic rings. The molecule has 0 fully saturated rings. The number of hydrogen-bond donors (Lipinski definition) is 0. The fraction of sp³-hybridized carbons (Fsp3) is 0.250. The van der Waals surface area contributed by atoms with Gasteiger partial charge in [-0.25, -0.2) is 0 Å². The van der Waals surface area contributed by atoms with E-state index in [1.807, 2.05) is 12.1 Å². The second-order valence-corrected chi connectivity index (χ2v) is 4.71. The van der Waals surface area contributed by atoms with Crippen LogP contribution in [0.3, 0.4) is 0 Å². The van der Waals surface area contributed by atoms with Gasteiger partial charge in [-0.1, -0.05) is 48.5 Å². The van der Waals surface area contributed by atoms with Crippen LogP contribution in [0.25, 0.3) is 0 Å². The van der Waals surface area contributed by atoms with E-state index < -0.39 is 0 Å². The van der Waals surface area contributed by atoms with Crippen molar-refractivity contribution < 1.29 is 4.74 Å². The largest absolute Gasteiger partial charge is 0.478 e. The number of ether oxygens (including phenoxy) is 1. The molecule has 0 bridgehead atoms. The van der Waals surface area contributed by atoms with E-state index >= 15 is 0 Å². The van der Waals surface area contributed by atoms with Crippen LogP contribution < -0.4 is 4.74 Å². The van der Waals surface area contributed by atoms with Gasteiger partial charge in [0.15, 0.2) is 0 Å². The zero-order valence-electron chi connectivity index (χ0n) is 10.5. The number of fused-ring (bicyclic) bond motifs is 1. The Balaban J connectivity index is 1.80. The molecule has 0 aliphatic carbocycles. The number of para-hydroxylation sites is 1. The third-order valence-corrected chi connectivity index (χ3v) is 3.56. The summed E-state index contributed by atoms with van der Waals surface area (Å²) in [6.45, 7) is 3.84. The molecule has 0 saturated heterocycles. The first-order chi connectivity index (χ1) is 8.84. The van der Waals surface area contributed by atoms with Crippen LogP contribution in [0.5, 0.6) is 5.75 Å². The Kier molecular flexibility index (Phi) is 3.03. The molecule has 0 amide bonds. The summed E-state index contributed by atoms with van der Waals surface area (Å²) in [4.78, 5) is 2.34. The molecule has 0 N–H and O–H groups in total.